The highest BCUT2D eigenvalue weighted by Crippen LogP contribution is 2.38. The minimum atomic E-state index is 0.612. The van der Waals surface area contributed by atoms with E-state index in [2.05, 4.69) is 36.1 Å². The lowest BCUT2D eigenvalue weighted by Crippen LogP contribution is -2.11. The molecule has 0 atom stereocenters. The summed E-state index contributed by atoms with van der Waals surface area (Å²) in [5.74, 6) is 0.612. The molecule has 0 bridgehead atoms. The standard InChI is InChI=1S/C18H20N4/c1-3-22-18-16(11-20-22)15(14-7-12(2)9-19-10-14)8-17(21-18)13-5-4-6-13/h7-11,13H,3-6H2,1-2H3. The molecule has 3 heterocycles. The highest BCUT2D eigenvalue weighted by molar-refractivity contribution is 5.92. The van der Waals surface area contributed by atoms with Crippen molar-refractivity contribution in [2.45, 2.75) is 45.6 Å². The molecule has 0 aliphatic heterocycles. The van der Waals surface area contributed by atoms with Crippen molar-refractivity contribution in [3.8, 4) is 11.1 Å². The number of hydrogen-bond donors (Lipinski definition) is 0. The second-order valence-corrected chi connectivity index (χ2v) is 6.17. The second kappa shape index (κ2) is 5.20. The van der Waals surface area contributed by atoms with Crippen LogP contribution in [0, 0.1) is 6.92 Å². The van der Waals surface area contributed by atoms with E-state index in [-0.39, 0.29) is 0 Å². The van der Waals surface area contributed by atoms with Crippen LogP contribution in [0.15, 0.2) is 30.7 Å². The van der Waals surface area contributed by atoms with Crippen molar-refractivity contribution in [1.82, 2.24) is 19.7 Å². The van der Waals surface area contributed by atoms with E-state index in [1.165, 1.54) is 36.1 Å². The molecular formula is C18H20N4. The molecule has 112 valence electrons. The van der Waals surface area contributed by atoms with Gasteiger partial charge in [0, 0.05) is 41.5 Å². The van der Waals surface area contributed by atoms with E-state index in [4.69, 9.17) is 4.98 Å². The van der Waals surface area contributed by atoms with Gasteiger partial charge < -0.3 is 0 Å². The maximum Gasteiger partial charge on any atom is 0.158 e. The van der Waals surface area contributed by atoms with Crippen molar-refractivity contribution in [1.29, 1.82) is 0 Å². The third-order valence-electron chi connectivity index (χ3n) is 4.64. The monoisotopic (exact) mass is 292 g/mol. The van der Waals surface area contributed by atoms with Gasteiger partial charge in [-0.25, -0.2) is 9.67 Å². The maximum atomic E-state index is 4.92. The van der Waals surface area contributed by atoms with E-state index in [0.717, 1.165) is 23.1 Å². The topological polar surface area (TPSA) is 43.6 Å². The van der Waals surface area contributed by atoms with Gasteiger partial charge in [-0.1, -0.05) is 6.42 Å². The number of aromatic nitrogens is 4. The highest BCUT2D eigenvalue weighted by atomic mass is 15.3. The van der Waals surface area contributed by atoms with Crippen molar-refractivity contribution < 1.29 is 0 Å². The summed E-state index contributed by atoms with van der Waals surface area (Å²) < 4.78 is 1.99. The lowest BCUT2D eigenvalue weighted by molar-refractivity contribution is 0.411. The summed E-state index contributed by atoms with van der Waals surface area (Å²) >= 11 is 0. The Bertz CT molecular complexity index is 830. The van der Waals surface area contributed by atoms with Gasteiger partial charge in [-0.3, -0.25) is 4.98 Å². The van der Waals surface area contributed by atoms with E-state index < -0.39 is 0 Å². The van der Waals surface area contributed by atoms with Gasteiger partial charge in [0.25, 0.3) is 0 Å². The Hall–Kier alpha value is -2.23. The number of rotatable bonds is 3. The summed E-state index contributed by atoms with van der Waals surface area (Å²) in [7, 11) is 0. The fourth-order valence-electron chi connectivity index (χ4n) is 3.15. The summed E-state index contributed by atoms with van der Waals surface area (Å²) in [4.78, 5) is 9.27. The molecule has 1 fully saturated rings. The lowest BCUT2D eigenvalue weighted by atomic mass is 9.82. The van der Waals surface area contributed by atoms with Crippen molar-refractivity contribution >= 4 is 11.0 Å². The highest BCUT2D eigenvalue weighted by Gasteiger charge is 2.23. The van der Waals surface area contributed by atoms with Crippen LogP contribution in [0.2, 0.25) is 0 Å². The van der Waals surface area contributed by atoms with Gasteiger partial charge in [0.1, 0.15) is 0 Å². The number of pyridine rings is 2. The molecule has 0 N–H and O–H groups in total. The fourth-order valence-corrected chi connectivity index (χ4v) is 3.15. The molecule has 3 aromatic heterocycles. The predicted molar refractivity (Wildman–Crippen MR) is 87.8 cm³/mol. The molecule has 0 spiro atoms. The Morgan fingerprint density at radius 3 is 2.73 bits per heavy atom. The molecule has 0 amide bonds. The second-order valence-electron chi connectivity index (χ2n) is 6.17. The van der Waals surface area contributed by atoms with Gasteiger partial charge in [0.05, 0.1) is 6.20 Å². The SMILES string of the molecule is CCn1ncc2c(-c3cncc(C)c3)cc(C3CCC3)nc21. The molecule has 0 aromatic carbocycles. The van der Waals surface area contributed by atoms with Crippen LogP contribution in [-0.2, 0) is 6.54 Å². The van der Waals surface area contributed by atoms with Crippen molar-refractivity contribution in [3.05, 3.63) is 42.0 Å². The van der Waals surface area contributed by atoms with E-state index in [1.54, 1.807) is 0 Å². The zero-order chi connectivity index (χ0) is 15.1. The summed E-state index contributed by atoms with van der Waals surface area (Å²) in [6.45, 7) is 5.03. The van der Waals surface area contributed by atoms with Crippen molar-refractivity contribution in [2.75, 3.05) is 0 Å². The van der Waals surface area contributed by atoms with Gasteiger partial charge in [-0.05, 0) is 49.9 Å². The molecule has 4 rings (SSSR count). The molecule has 1 aliphatic carbocycles. The van der Waals surface area contributed by atoms with E-state index in [9.17, 15) is 0 Å². The van der Waals surface area contributed by atoms with Crippen molar-refractivity contribution in [2.24, 2.45) is 0 Å². The Kier molecular flexibility index (Phi) is 3.17. The molecule has 0 saturated heterocycles. The average molecular weight is 292 g/mol. The third-order valence-corrected chi connectivity index (χ3v) is 4.64. The van der Waals surface area contributed by atoms with Crippen molar-refractivity contribution in [3.63, 3.8) is 0 Å². The Morgan fingerprint density at radius 2 is 2.05 bits per heavy atom. The molecule has 4 nitrogen and oxygen atoms in total. The largest absolute Gasteiger partial charge is 0.264 e. The average Bonchev–Trinajstić information content (AvgIpc) is 2.87. The first-order chi connectivity index (χ1) is 10.8. The van der Waals surface area contributed by atoms with Crippen LogP contribution in [0.25, 0.3) is 22.2 Å². The molecule has 1 saturated carbocycles. The summed E-state index contributed by atoms with van der Waals surface area (Å²) in [5, 5.41) is 5.62. The Morgan fingerprint density at radius 1 is 1.18 bits per heavy atom. The third kappa shape index (κ3) is 2.10. The molecule has 0 unspecified atom stereocenters. The minimum Gasteiger partial charge on any atom is -0.264 e. The molecule has 4 heteroatoms. The number of nitrogens with zero attached hydrogens (tertiary/aromatic N) is 4. The number of fused-ring (bicyclic) bond motifs is 1. The number of hydrogen-bond acceptors (Lipinski definition) is 3. The molecular weight excluding hydrogens is 272 g/mol. The number of aryl methyl sites for hydroxylation is 2. The van der Waals surface area contributed by atoms with Gasteiger partial charge in [0.2, 0.25) is 0 Å². The fraction of sp³-hybridized carbons (Fsp3) is 0.389. The van der Waals surface area contributed by atoms with E-state index >= 15 is 0 Å². The van der Waals surface area contributed by atoms with Crippen LogP contribution in [0.4, 0.5) is 0 Å². The normalized spacial score (nSPS) is 15.2. The smallest absolute Gasteiger partial charge is 0.158 e. The quantitative estimate of drug-likeness (QED) is 0.730. The van der Waals surface area contributed by atoms with Gasteiger partial charge in [-0.2, -0.15) is 5.10 Å². The molecule has 3 aromatic rings. The summed E-state index contributed by atoms with van der Waals surface area (Å²) in [6, 6.07) is 4.44. The lowest BCUT2D eigenvalue weighted by Gasteiger charge is -2.25. The molecule has 22 heavy (non-hydrogen) atoms. The maximum absolute atomic E-state index is 4.92. The summed E-state index contributed by atoms with van der Waals surface area (Å²) in [5.41, 5.74) is 5.76. The molecule has 1 aliphatic rings. The van der Waals surface area contributed by atoms with Crippen LogP contribution >= 0.6 is 0 Å². The molecule has 0 radical (unpaired) electrons. The van der Waals surface area contributed by atoms with Crippen LogP contribution < -0.4 is 0 Å². The Labute approximate surface area is 130 Å². The first-order valence-electron chi connectivity index (χ1n) is 8.04. The Balaban J connectivity index is 1.96. The van der Waals surface area contributed by atoms with Crippen LogP contribution in [0.3, 0.4) is 0 Å². The van der Waals surface area contributed by atoms with E-state index in [0.29, 0.717) is 5.92 Å². The first kappa shape index (κ1) is 13.4. The van der Waals surface area contributed by atoms with Crippen LogP contribution in [-0.4, -0.2) is 19.7 Å². The summed E-state index contributed by atoms with van der Waals surface area (Å²) in [6.07, 6.45) is 9.60. The zero-order valence-electron chi connectivity index (χ0n) is 13.1. The minimum absolute atomic E-state index is 0.612. The van der Waals surface area contributed by atoms with Crippen LogP contribution in [0.1, 0.15) is 43.4 Å². The zero-order valence-corrected chi connectivity index (χ0v) is 13.1. The van der Waals surface area contributed by atoms with Crippen LogP contribution in [0.5, 0.6) is 0 Å². The van der Waals surface area contributed by atoms with E-state index in [1.807, 2.05) is 23.3 Å². The first-order valence-corrected chi connectivity index (χ1v) is 8.04. The van der Waals surface area contributed by atoms with Gasteiger partial charge in [-0.15, -0.1) is 0 Å². The van der Waals surface area contributed by atoms with Gasteiger partial charge in [0.15, 0.2) is 5.65 Å². The predicted octanol–water partition coefficient (Wildman–Crippen LogP) is 4.09. The van der Waals surface area contributed by atoms with Gasteiger partial charge >= 0.3 is 0 Å².